The molecule has 0 unspecified atom stereocenters. The molecule has 0 aliphatic rings. The molecular weight excluding hydrogens is 359 g/mol. The maximum absolute atomic E-state index is 13.5. The van der Waals surface area contributed by atoms with E-state index >= 15 is 0 Å². The highest BCUT2D eigenvalue weighted by Crippen LogP contribution is 2.23. The molecule has 0 saturated carbocycles. The van der Waals surface area contributed by atoms with E-state index in [-0.39, 0.29) is 9.37 Å². The summed E-state index contributed by atoms with van der Waals surface area (Å²) >= 11 is 2.99. The number of sulfonamides is 1. The van der Waals surface area contributed by atoms with E-state index < -0.39 is 15.8 Å². The smallest absolute Gasteiger partial charge is 0.261 e. The topological polar surface area (TPSA) is 62.0 Å². The molecule has 0 radical (unpaired) electrons. The van der Waals surface area contributed by atoms with Crippen LogP contribution >= 0.6 is 15.9 Å². The summed E-state index contributed by atoms with van der Waals surface area (Å²) in [4.78, 5) is 2.90. The lowest BCUT2D eigenvalue weighted by molar-refractivity contribution is 0.593. The lowest BCUT2D eigenvalue weighted by atomic mass is 10.2. The fourth-order valence-corrected chi connectivity index (χ4v) is 3.28. The minimum absolute atomic E-state index is 0.127. The average molecular weight is 369 g/mol. The lowest BCUT2D eigenvalue weighted by Crippen LogP contribution is -2.13. The molecule has 0 spiro atoms. The SMILES string of the molecule is O=S(=O)(Nc1ccc2[nH]ccc2c1)c1ccc(Br)c(F)c1. The van der Waals surface area contributed by atoms with Crippen molar-refractivity contribution in [3.05, 3.63) is 59.0 Å². The van der Waals surface area contributed by atoms with Gasteiger partial charge in [0.15, 0.2) is 0 Å². The molecule has 21 heavy (non-hydrogen) atoms. The Hall–Kier alpha value is -1.86. The molecule has 0 bridgehead atoms. The summed E-state index contributed by atoms with van der Waals surface area (Å²) in [6.07, 6.45) is 1.77. The van der Waals surface area contributed by atoms with Crippen LogP contribution in [-0.4, -0.2) is 13.4 Å². The van der Waals surface area contributed by atoms with Gasteiger partial charge in [-0.25, -0.2) is 12.8 Å². The quantitative estimate of drug-likeness (QED) is 0.736. The number of nitrogens with one attached hydrogen (secondary N) is 2. The van der Waals surface area contributed by atoms with Crippen molar-refractivity contribution in [2.24, 2.45) is 0 Å². The second-order valence-electron chi connectivity index (χ2n) is 4.46. The van der Waals surface area contributed by atoms with Crippen LogP contribution in [0.4, 0.5) is 10.1 Å². The van der Waals surface area contributed by atoms with Gasteiger partial charge in [0.1, 0.15) is 5.82 Å². The van der Waals surface area contributed by atoms with Gasteiger partial charge in [-0.3, -0.25) is 4.72 Å². The maximum atomic E-state index is 13.5. The number of rotatable bonds is 3. The highest BCUT2D eigenvalue weighted by atomic mass is 79.9. The Kier molecular flexibility index (Phi) is 3.46. The van der Waals surface area contributed by atoms with Crippen molar-refractivity contribution in [3.8, 4) is 0 Å². The summed E-state index contributed by atoms with van der Waals surface area (Å²) in [7, 11) is -3.83. The average Bonchev–Trinajstić information content (AvgIpc) is 2.88. The van der Waals surface area contributed by atoms with Crippen LogP contribution in [0, 0.1) is 5.82 Å². The van der Waals surface area contributed by atoms with Gasteiger partial charge in [0.05, 0.1) is 9.37 Å². The summed E-state index contributed by atoms with van der Waals surface area (Å²) in [6.45, 7) is 0. The van der Waals surface area contributed by atoms with Crippen LogP contribution in [0.2, 0.25) is 0 Å². The van der Waals surface area contributed by atoms with Gasteiger partial charge >= 0.3 is 0 Å². The second-order valence-corrected chi connectivity index (χ2v) is 7.00. The summed E-state index contributed by atoms with van der Waals surface area (Å²) in [6, 6.07) is 10.6. The molecule has 2 N–H and O–H groups in total. The predicted octanol–water partition coefficient (Wildman–Crippen LogP) is 3.87. The van der Waals surface area contributed by atoms with Crippen LogP contribution in [0.1, 0.15) is 0 Å². The number of anilines is 1. The Balaban J connectivity index is 1.96. The Morgan fingerprint density at radius 1 is 1.10 bits per heavy atom. The van der Waals surface area contributed by atoms with Crippen LogP contribution in [-0.2, 0) is 10.0 Å². The molecule has 0 aliphatic carbocycles. The first-order chi connectivity index (χ1) is 9.95. The number of benzene rings is 2. The fraction of sp³-hybridized carbons (Fsp3) is 0. The zero-order valence-corrected chi connectivity index (χ0v) is 13.0. The Bertz CT molecular complexity index is 922. The third-order valence-corrected chi connectivity index (χ3v) is 5.03. The largest absolute Gasteiger partial charge is 0.361 e. The first kappa shape index (κ1) is 14.1. The van der Waals surface area contributed by atoms with Gasteiger partial charge in [0, 0.05) is 22.8 Å². The molecule has 1 heterocycles. The Morgan fingerprint density at radius 2 is 1.90 bits per heavy atom. The van der Waals surface area contributed by atoms with Gasteiger partial charge in [-0.1, -0.05) is 0 Å². The third kappa shape index (κ3) is 2.79. The van der Waals surface area contributed by atoms with Crippen molar-refractivity contribution in [1.82, 2.24) is 4.98 Å². The van der Waals surface area contributed by atoms with Crippen LogP contribution in [0.5, 0.6) is 0 Å². The predicted molar refractivity (Wildman–Crippen MR) is 83.2 cm³/mol. The van der Waals surface area contributed by atoms with Crippen molar-refractivity contribution in [2.45, 2.75) is 4.90 Å². The van der Waals surface area contributed by atoms with Crippen LogP contribution in [0.15, 0.2) is 58.0 Å². The molecule has 1 aromatic heterocycles. The summed E-state index contributed by atoms with van der Waals surface area (Å²) < 4.78 is 40.6. The molecule has 0 atom stereocenters. The molecule has 108 valence electrons. The van der Waals surface area contributed by atoms with Crippen molar-refractivity contribution < 1.29 is 12.8 Å². The van der Waals surface area contributed by atoms with E-state index in [1.807, 2.05) is 6.07 Å². The summed E-state index contributed by atoms with van der Waals surface area (Å²) in [5, 5.41) is 0.886. The van der Waals surface area contributed by atoms with E-state index in [9.17, 15) is 12.8 Å². The molecule has 4 nitrogen and oxygen atoms in total. The highest BCUT2D eigenvalue weighted by molar-refractivity contribution is 9.10. The maximum Gasteiger partial charge on any atom is 0.261 e. The number of aromatic nitrogens is 1. The van der Waals surface area contributed by atoms with E-state index in [1.54, 1.807) is 24.4 Å². The van der Waals surface area contributed by atoms with Crippen molar-refractivity contribution in [1.29, 1.82) is 0 Å². The van der Waals surface area contributed by atoms with Gasteiger partial charge in [-0.15, -0.1) is 0 Å². The highest BCUT2D eigenvalue weighted by Gasteiger charge is 2.16. The number of hydrogen-bond acceptors (Lipinski definition) is 2. The Labute approximate surface area is 129 Å². The van der Waals surface area contributed by atoms with E-state index in [2.05, 4.69) is 25.6 Å². The van der Waals surface area contributed by atoms with Crippen LogP contribution < -0.4 is 4.72 Å². The lowest BCUT2D eigenvalue weighted by Gasteiger charge is -2.08. The zero-order valence-electron chi connectivity index (χ0n) is 10.6. The molecule has 3 aromatic rings. The van der Waals surface area contributed by atoms with Crippen LogP contribution in [0.3, 0.4) is 0 Å². The van der Waals surface area contributed by atoms with Gasteiger partial charge in [0.25, 0.3) is 10.0 Å². The van der Waals surface area contributed by atoms with E-state index in [0.29, 0.717) is 5.69 Å². The molecule has 0 amide bonds. The Morgan fingerprint density at radius 3 is 2.67 bits per heavy atom. The minimum Gasteiger partial charge on any atom is -0.361 e. The summed E-state index contributed by atoms with van der Waals surface area (Å²) in [5.74, 6) is -0.626. The number of H-pyrrole nitrogens is 1. The van der Waals surface area contributed by atoms with Gasteiger partial charge in [0.2, 0.25) is 0 Å². The van der Waals surface area contributed by atoms with Gasteiger partial charge in [-0.2, -0.15) is 0 Å². The van der Waals surface area contributed by atoms with E-state index in [0.717, 1.165) is 17.0 Å². The molecule has 2 aromatic carbocycles. The summed E-state index contributed by atoms with van der Waals surface area (Å²) in [5.41, 5.74) is 1.33. The van der Waals surface area contributed by atoms with Gasteiger partial charge < -0.3 is 4.98 Å². The number of hydrogen-bond donors (Lipinski definition) is 2. The number of halogens is 2. The zero-order chi connectivity index (χ0) is 15.0. The monoisotopic (exact) mass is 368 g/mol. The normalized spacial score (nSPS) is 11.7. The minimum atomic E-state index is -3.83. The first-order valence-corrected chi connectivity index (χ1v) is 8.28. The molecule has 7 heteroatoms. The molecule has 0 aliphatic heterocycles. The van der Waals surface area contributed by atoms with E-state index in [1.165, 1.54) is 12.1 Å². The fourth-order valence-electron chi connectivity index (χ4n) is 1.97. The number of fused-ring (bicyclic) bond motifs is 1. The van der Waals surface area contributed by atoms with Crippen LogP contribution in [0.25, 0.3) is 10.9 Å². The van der Waals surface area contributed by atoms with Crippen molar-refractivity contribution in [3.63, 3.8) is 0 Å². The molecule has 0 fully saturated rings. The molecule has 0 saturated heterocycles. The first-order valence-electron chi connectivity index (χ1n) is 6.01. The molecule has 3 rings (SSSR count). The molecular formula is C14H10BrFN2O2S. The van der Waals surface area contributed by atoms with Gasteiger partial charge in [-0.05, 0) is 58.4 Å². The van der Waals surface area contributed by atoms with Crippen molar-refractivity contribution in [2.75, 3.05) is 4.72 Å². The second kappa shape index (κ2) is 5.16. The standard InChI is InChI=1S/C14H10BrFN2O2S/c15-12-3-2-11(8-13(12)16)21(19,20)18-10-1-4-14-9(7-10)5-6-17-14/h1-8,17-18H. The third-order valence-electron chi connectivity index (χ3n) is 3.01. The number of aromatic amines is 1. The van der Waals surface area contributed by atoms with Crippen molar-refractivity contribution >= 4 is 42.5 Å². The van der Waals surface area contributed by atoms with E-state index in [4.69, 9.17) is 0 Å².